The van der Waals surface area contributed by atoms with Crippen LogP contribution in [0, 0.1) is 0 Å². The largest absolute Gasteiger partial charge is 0.419 e. The summed E-state index contributed by atoms with van der Waals surface area (Å²) in [6, 6.07) is 5.86. The fourth-order valence-corrected chi connectivity index (χ4v) is 3.82. The van der Waals surface area contributed by atoms with E-state index in [2.05, 4.69) is 10.0 Å². The Labute approximate surface area is 163 Å². The molecular weight excluding hydrogens is 388 g/mol. The standard InChI is InChI=1S/C18H22N2O7S/c1-18(2)26-16(21)15(17(22)27-18)11-19-12-5-7-14(8-6-12)28(23,24)20-10-13-4-3-9-25-13/h5-8,11,13,19-20H,3-4,9-10H2,1-2H3. The Hall–Kier alpha value is -2.43. The molecule has 0 aromatic heterocycles. The van der Waals surface area contributed by atoms with Gasteiger partial charge in [0.1, 0.15) is 0 Å². The number of ether oxygens (including phenoxy) is 3. The molecule has 0 bridgehead atoms. The summed E-state index contributed by atoms with van der Waals surface area (Å²) in [5, 5.41) is 2.76. The van der Waals surface area contributed by atoms with Gasteiger partial charge in [0.15, 0.2) is 5.57 Å². The number of carbonyl (C=O) groups is 2. The molecule has 2 aliphatic rings. The lowest BCUT2D eigenvalue weighted by Gasteiger charge is -2.29. The van der Waals surface area contributed by atoms with E-state index >= 15 is 0 Å². The van der Waals surface area contributed by atoms with Crippen molar-refractivity contribution in [2.75, 3.05) is 18.5 Å². The number of anilines is 1. The second-order valence-electron chi connectivity index (χ2n) is 6.89. The topological polar surface area (TPSA) is 120 Å². The Morgan fingerprint density at radius 1 is 1.14 bits per heavy atom. The monoisotopic (exact) mass is 410 g/mol. The van der Waals surface area contributed by atoms with Crippen LogP contribution in [0.4, 0.5) is 5.69 Å². The van der Waals surface area contributed by atoms with Crippen molar-refractivity contribution < 1.29 is 32.2 Å². The molecule has 10 heteroatoms. The van der Waals surface area contributed by atoms with Gasteiger partial charge in [-0.1, -0.05) is 0 Å². The molecule has 1 unspecified atom stereocenters. The fraction of sp³-hybridized carbons (Fsp3) is 0.444. The van der Waals surface area contributed by atoms with Crippen LogP contribution < -0.4 is 10.0 Å². The van der Waals surface area contributed by atoms with Gasteiger partial charge < -0.3 is 19.5 Å². The van der Waals surface area contributed by atoms with E-state index in [1.807, 2.05) is 0 Å². The van der Waals surface area contributed by atoms with Crippen molar-refractivity contribution in [3.05, 3.63) is 36.0 Å². The minimum Gasteiger partial charge on any atom is -0.419 e. The summed E-state index contributed by atoms with van der Waals surface area (Å²) in [4.78, 5) is 23.9. The molecule has 2 saturated heterocycles. The molecule has 152 valence electrons. The number of rotatable bonds is 6. The minimum atomic E-state index is -3.65. The number of sulfonamides is 1. The van der Waals surface area contributed by atoms with Gasteiger partial charge in [0.2, 0.25) is 10.0 Å². The summed E-state index contributed by atoms with van der Waals surface area (Å²) in [7, 11) is -3.65. The van der Waals surface area contributed by atoms with Crippen LogP contribution in [0.1, 0.15) is 26.7 Å². The maximum Gasteiger partial charge on any atom is 0.350 e. The number of carbonyl (C=O) groups excluding carboxylic acids is 2. The van der Waals surface area contributed by atoms with Gasteiger partial charge in [-0.25, -0.2) is 22.7 Å². The molecule has 0 radical (unpaired) electrons. The lowest BCUT2D eigenvalue weighted by atomic mass is 10.2. The molecule has 2 aliphatic heterocycles. The number of hydrogen-bond acceptors (Lipinski definition) is 8. The Balaban J connectivity index is 1.62. The van der Waals surface area contributed by atoms with Crippen molar-refractivity contribution in [2.45, 2.75) is 43.5 Å². The third-order valence-corrected chi connectivity index (χ3v) is 5.63. The van der Waals surface area contributed by atoms with Crippen molar-refractivity contribution in [1.29, 1.82) is 0 Å². The average Bonchev–Trinajstić information content (AvgIpc) is 3.12. The molecule has 2 fully saturated rings. The van der Waals surface area contributed by atoms with E-state index in [1.165, 1.54) is 44.3 Å². The van der Waals surface area contributed by atoms with E-state index < -0.39 is 27.7 Å². The average molecular weight is 410 g/mol. The van der Waals surface area contributed by atoms with Gasteiger partial charge >= 0.3 is 11.9 Å². The quantitative estimate of drug-likeness (QED) is 0.409. The van der Waals surface area contributed by atoms with E-state index in [4.69, 9.17) is 14.2 Å². The highest BCUT2D eigenvalue weighted by Crippen LogP contribution is 2.23. The summed E-state index contributed by atoms with van der Waals surface area (Å²) < 4.78 is 42.6. The molecular formula is C18H22N2O7S. The maximum atomic E-state index is 12.3. The highest BCUT2D eigenvalue weighted by molar-refractivity contribution is 7.89. The normalized spacial score (nSPS) is 21.8. The van der Waals surface area contributed by atoms with E-state index in [1.54, 1.807) is 0 Å². The molecule has 9 nitrogen and oxygen atoms in total. The number of nitrogens with one attached hydrogen (secondary N) is 2. The lowest BCUT2D eigenvalue weighted by Crippen LogP contribution is -2.42. The first-order valence-electron chi connectivity index (χ1n) is 8.81. The van der Waals surface area contributed by atoms with Crippen LogP contribution >= 0.6 is 0 Å². The highest BCUT2D eigenvalue weighted by atomic mass is 32.2. The van der Waals surface area contributed by atoms with Crippen molar-refractivity contribution in [3.8, 4) is 0 Å². The van der Waals surface area contributed by atoms with Gasteiger partial charge in [-0.2, -0.15) is 0 Å². The zero-order valence-electron chi connectivity index (χ0n) is 15.6. The molecule has 1 atom stereocenters. The number of esters is 2. The van der Waals surface area contributed by atoms with Crippen LogP contribution in [-0.4, -0.2) is 45.4 Å². The summed E-state index contributed by atoms with van der Waals surface area (Å²) in [5.74, 6) is -2.91. The summed E-state index contributed by atoms with van der Waals surface area (Å²) in [6.07, 6.45) is 2.84. The first-order chi connectivity index (χ1) is 13.2. The van der Waals surface area contributed by atoms with Crippen LogP contribution in [0.2, 0.25) is 0 Å². The second-order valence-corrected chi connectivity index (χ2v) is 8.66. The smallest absolute Gasteiger partial charge is 0.350 e. The van der Waals surface area contributed by atoms with Gasteiger partial charge in [0, 0.05) is 38.9 Å². The Kier molecular flexibility index (Phi) is 5.73. The van der Waals surface area contributed by atoms with E-state index in [9.17, 15) is 18.0 Å². The third-order valence-electron chi connectivity index (χ3n) is 4.19. The van der Waals surface area contributed by atoms with E-state index in [-0.39, 0.29) is 23.1 Å². The van der Waals surface area contributed by atoms with Gasteiger partial charge in [0.25, 0.3) is 5.79 Å². The number of benzene rings is 1. The predicted molar refractivity (Wildman–Crippen MR) is 98.6 cm³/mol. The Morgan fingerprint density at radius 3 is 2.36 bits per heavy atom. The number of hydrogen-bond donors (Lipinski definition) is 2. The van der Waals surface area contributed by atoms with Crippen LogP contribution in [0.15, 0.2) is 40.9 Å². The Bertz CT molecular complexity index is 863. The van der Waals surface area contributed by atoms with Gasteiger partial charge in [-0.15, -0.1) is 0 Å². The molecule has 0 saturated carbocycles. The van der Waals surface area contributed by atoms with Crippen molar-refractivity contribution in [1.82, 2.24) is 4.72 Å². The lowest BCUT2D eigenvalue weighted by molar-refractivity contribution is -0.222. The SMILES string of the molecule is CC1(C)OC(=O)C(=CNc2ccc(S(=O)(=O)NCC3CCCO3)cc2)C(=O)O1. The molecule has 2 heterocycles. The van der Waals surface area contributed by atoms with Crippen LogP contribution in [0.5, 0.6) is 0 Å². The first kappa shape index (κ1) is 20.3. The van der Waals surface area contributed by atoms with Gasteiger partial charge in [-0.05, 0) is 37.1 Å². The van der Waals surface area contributed by atoms with E-state index in [0.29, 0.717) is 12.3 Å². The highest BCUT2D eigenvalue weighted by Gasteiger charge is 2.38. The minimum absolute atomic E-state index is 0.0951. The van der Waals surface area contributed by atoms with E-state index in [0.717, 1.165) is 12.8 Å². The van der Waals surface area contributed by atoms with Crippen molar-refractivity contribution >= 4 is 27.6 Å². The molecule has 1 aromatic carbocycles. The molecule has 28 heavy (non-hydrogen) atoms. The molecule has 3 rings (SSSR count). The fourth-order valence-electron chi connectivity index (χ4n) is 2.76. The molecule has 1 aromatic rings. The summed E-state index contributed by atoms with van der Waals surface area (Å²) in [5.41, 5.74) is 0.199. The molecule has 0 spiro atoms. The Morgan fingerprint density at radius 2 is 1.79 bits per heavy atom. The van der Waals surface area contributed by atoms with Crippen LogP contribution in [0.25, 0.3) is 0 Å². The van der Waals surface area contributed by atoms with Gasteiger partial charge in [-0.3, -0.25) is 0 Å². The zero-order valence-corrected chi connectivity index (χ0v) is 16.4. The molecule has 0 aliphatic carbocycles. The predicted octanol–water partition coefficient (Wildman–Crippen LogP) is 1.28. The third kappa shape index (κ3) is 4.89. The molecule has 0 amide bonds. The second kappa shape index (κ2) is 7.90. The first-order valence-corrected chi connectivity index (χ1v) is 10.3. The van der Waals surface area contributed by atoms with Crippen molar-refractivity contribution in [3.63, 3.8) is 0 Å². The zero-order chi connectivity index (χ0) is 20.4. The summed E-state index contributed by atoms with van der Waals surface area (Å²) in [6.45, 7) is 3.80. The number of cyclic esters (lactones) is 2. The maximum absolute atomic E-state index is 12.3. The van der Waals surface area contributed by atoms with Gasteiger partial charge in [0.05, 0.1) is 11.0 Å². The summed E-state index contributed by atoms with van der Waals surface area (Å²) >= 11 is 0. The van der Waals surface area contributed by atoms with Crippen molar-refractivity contribution in [2.24, 2.45) is 0 Å². The molecule has 2 N–H and O–H groups in total. The van der Waals surface area contributed by atoms with Crippen LogP contribution in [0.3, 0.4) is 0 Å². The van der Waals surface area contributed by atoms with Crippen LogP contribution in [-0.2, 0) is 33.8 Å².